The van der Waals surface area contributed by atoms with Crippen LogP contribution in [-0.4, -0.2) is 134 Å². The van der Waals surface area contributed by atoms with E-state index < -0.39 is 60.2 Å². The summed E-state index contributed by atoms with van der Waals surface area (Å²) < 4.78 is 11.9. The fourth-order valence-corrected chi connectivity index (χ4v) is 7.76. The minimum atomic E-state index is -1.14. The molecular formula is C40H67N5O8. The molecule has 1 aromatic carbocycles. The van der Waals surface area contributed by atoms with E-state index >= 15 is 0 Å². The third kappa shape index (κ3) is 12.2. The zero-order valence-corrected chi connectivity index (χ0v) is 34.1. The summed E-state index contributed by atoms with van der Waals surface area (Å²) in [7, 11) is 8.44. The molecule has 3 N–H and O–H groups in total. The van der Waals surface area contributed by atoms with Crippen LogP contribution >= 0.6 is 0 Å². The molecule has 9 atom stereocenters. The van der Waals surface area contributed by atoms with Gasteiger partial charge in [0.2, 0.25) is 23.6 Å². The average Bonchev–Trinajstić information content (AvgIpc) is 3.59. The van der Waals surface area contributed by atoms with Crippen molar-refractivity contribution < 1.29 is 38.6 Å². The van der Waals surface area contributed by atoms with Crippen molar-refractivity contribution in [2.24, 2.45) is 23.7 Å². The lowest BCUT2D eigenvalue weighted by Crippen LogP contribution is -2.59. The number of likely N-dealkylation sites (N-methyl/N-ethyl adjacent to an activating group) is 2. The Kier molecular flexibility index (Phi) is 18.4. The largest absolute Gasteiger partial charge is 0.480 e. The van der Waals surface area contributed by atoms with Gasteiger partial charge in [-0.3, -0.25) is 24.1 Å². The quantitative estimate of drug-likeness (QED) is 0.172. The Hall–Kier alpha value is -3.55. The number of carboxylic acids is 1. The van der Waals surface area contributed by atoms with Crippen molar-refractivity contribution in [3.05, 3.63) is 35.9 Å². The molecule has 4 amide bonds. The van der Waals surface area contributed by atoms with Gasteiger partial charge in [-0.25, -0.2) is 4.79 Å². The van der Waals surface area contributed by atoms with Crippen molar-refractivity contribution in [2.45, 2.75) is 123 Å². The molecule has 1 aliphatic rings. The van der Waals surface area contributed by atoms with Crippen molar-refractivity contribution in [1.29, 1.82) is 0 Å². The lowest BCUT2D eigenvalue weighted by atomic mass is 9.89. The molecule has 1 aliphatic heterocycles. The number of methoxy groups -OCH3 is 2. The first kappa shape index (κ1) is 45.6. The highest BCUT2D eigenvalue weighted by Crippen LogP contribution is 2.30. The van der Waals surface area contributed by atoms with Crippen molar-refractivity contribution in [3.63, 3.8) is 0 Å². The molecule has 0 aliphatic carbocycles. The second-order valence-electron chi connectivity index (χ2n) is 15.6. The van der Waals surface area contributed by atoms with E-state index in [-0.39, 0.29) is 48.3 Å². The van der Waals surface area contributed by atoms with Crippen LogP contribution in [-0.2, 0) is 39.9 Å². The molecule has 1 fully saturated rings. The van der Waals surface area contributed by atoms with Crippen LogP contribution < -0.4 is 10.6 Å². The number of nitrogens with zero attached hydrogens (tertiary/aromatic N) is 3. The number of ether oxygens (including phenoxy) is 2. The summed E-state index contributed by atoms with van der Waals surface area (Å²) in [5.74, 6) is -3.21. The highest BCUT2D eigenvalue weighted by Gasteiger charge is 2.43. The van der Waals surface area contributed by atoms with E-state index in [4.69, 9.17) is 9.47 Å². The smallest absolute Gasteiger partial charge is 0.326 e. The molecular weight excluding hydrogens is 678 g/mol. The number of hydrogen-bond donors (Lipinski definition) is 3. The Morgan fingerprint density at radius 3 is 2.02 bits per heavy atom. The van der Waals surface area contributed by atoms with Gasteiger partial charge in [0.25, 0.3) is 0 Å². The molecule has 1 heterocycles. The molecule has 13 heteroatoms. The predicted molar refractivity (Wildman–Crippen MR) is 205 cm³/mol. The van der Waals surface area contributed by atoms with Gasteiger partial charge in [-0.15, -0.1) is 0 Å². The summed E-state index contributed by atoms with van der Waals surface area (Å²) in [6, 6.07) is 5.89. The van der Waals surface area contributed by atoms with E-state index in [2.05, 4.69) is 10.6 Å². The number of rotatable bonds is 21. The Balaban J connectivity index is 2.27. The van der Waals surface area contributed by atoms with Crippen LogP contribution in [0, 0.1) is 23.7 Å². The van der Waals surface area contributed by atoms with Gasteiger partial charge in [-0.1, -0.05) is 85.2 Å². The van der Waals surface area contributed by atoms with Crippen LogP contribution in [0.4, 0.5) is 0 Å². The van der Waals surface area contributed by atoms with E-state index in [9.17, 15) is 29.1 Å². The number of hydrogen-bond acceptors (Lipinski definition) is 8. The average molecular weight is 746 g/mol. The molecule has 0 bridgehead atoms. The highest BCUT2D eigenvalue weighted by atomic mass is 16.5. The first-order chi connectivity index (χ1) is 24.9. The molecule has 0 saturated carbocycles. The monoisotopic (exact) mass is 745 g/mol. The molecule has 53 heavy (non-hydrogen) atoms. The Morgan fingerprint density at radius 2 is 1.53 bits per heavy atom. The van der Waals surface area contributed by atoms with Gasteiger partial charge in [-0.05, 0) is 50.3 Å². The Labute approximate surface area is 317 Å². The highest BCUT2D eigenvalue weighted by molar-refractivity contribution is 5.90. The number of carboxylic acid groups (broad SMARTS) is 1. The molecule has 300 valence electrons. The number of benzene rings is 1. The van der Waals surface area contributed by atoms with Crippen LogP contribution in [0.5, 0.6) is 0 Å². The van der Waals surface area contributed by atoms with Gasteiger partial charge in [-0.2, -0.15) is 0 Å². The summed E-state index contributed by atoms with van der Waals surface area (Å²) in [6.07, 6.45) is 0.820. The summed E-state index contributed by atoms with van der Waals surface area (Å²) in [6.45, 7) is 13.9. The maximum Gasteiger partial charge on any atom is 0.326 e. The molecule has 6 unspecified atom stereocenters. The van der Waals surface area contributed by atoms with Crippen LogP contribution in [0.2, 0.25) is 0 Å². The molecule has 0 radical (unpaired) electrons. The molecule has 1 saturated heterocycles. The lowest BCUT2D eigenvalue weighted by molar-refractivity contribution is -0.148. The number of amides is 4. The van der Waals surface area contributed by atoms with Gasteiger partial charge in [0, 0.05) is 34.2 Å². The minimum Gasteiger partial charge on any atom is -0.480 e. The van der Waals surface area contributed by atoms with Crippen molar-refractivity contribution in [3.8, 4) is 0 Å². The van der Waals surface area contributed by atoms with Gasteiger partial charge >= 0.3 is 5.97 Å². The van der Waals surface area contributed by atoms with E-state index in [0.29, 0.717) is 19.4 Å². The lowest BCUT2D eigenvalue weighted by Gasteiger charge is -2.41. The van der Waals surface area contributed by atoms with Crippen LogP contribution in [0.3, 0.4) is 0 Å². The maximum absolute atomic E-state index is 14.2. The second-order valence-corrected chi connectivity index (χ2v) is 15.6. The van der Waals surface area contributed by atoms with Gasteiger partial charge in [0.15, 0.2) is 0 Å². The number of likely N-dealkylation sites (tertiary alicyclic amines) is 1. The maximum atomic E-state index is 14.2. The molecule has 13 nitrogen and oxygen atoms in total. The second kappa shape index (κ2) is 21.4. The fraction of sp³-hybridized carbons (Fsp3) is 0.725. The first-order valence-corrected chi connectivity index (χ1v) is 19.1. The third-order valence-electron chi connectivity index (χ3n) is 10.8. The SMILES string of the molecule is CCC(C)C(C(CC(=O)N1CCC[C@H]1C(OC)C(C)C(=O)N[C@@H](Cc1ccccc1)C(=O)O)OC)N(C)C(=O)[C@@H](NC(=O)C(C(C)C)N(C)C)C(C)C. The first-order valence-electron chi connectivity index (χ1n) is 19.1. The zero-order valence-electron chi connectivity index (χ0n) is 34.1. The number of carbonyl (C=O) groups excluding carboxylic acids is 4. The molecule has 1 aromatic rings. The van der Waals surface area contributed by atoms with Crippen molar-refractivity contribution in [1.82, 2.24) is 25.3 Å². The standard InChI is InChI=1S/C40H67N5O8/c1-13-26(6)35(44(10)39(49)33(24(2)3)42-38(48)34(25(4)5)43(8)9)31(52-11)23-32(46)45-21-17-20-30(45)36(53-12)27(7)37(47)41-29(40(50)51)22-28-18-15-14-16-19-28/h14-16,18-19,24-27,29-31,33-36H,13,17,20-23H2,1-12H3,(H,41,47)(H,42,48)(H,50,51)/t26?,27?,29-,30-,31?,33-,34?,35?,36?/m0/s1. The van der Waals surface area contributed by atoms with E-state index in [1.54, 1.807) is 23.8 Å². The summed E-state index contributed by atoms with van der Waals surface area (Å²) in [4.78, 5) is 72.5. The van der Waals surface area contributed by atoms with Crippen molar-refractivity contribution >= 4 is 29.6 Å². The van der Waals surface area contributed by atoms with Gasteiger partial charge in [0.05, 0.1) is 42.7 Å². The van der Waals surface area contributed by atoms with E-state index in [1.807, 2.05) is 90.9 Å². The summed E-state index contributed by atoms with van der Waals surface area (Å²) in [5.41, 5.74) is 0.785. The Morgan fingerprint density at radius 1 is 0.906 bits per heavy atom. The van der Waals surface area contributed by atoms with Gasteiger partial charge < -0.3 is 35.0 Å². The molecule has 0 aromatic heterocycles. The summed E-state index contributed by atoms with van der Waals surface area (Å²) >= 11 is 0. The van der Waals surface area contributed by atoms with Crippen molar-refractivity contribution in [2.75, 3.05) is 41.9 Å². The van der Waals surface area contributed by atoms with Crippen LogP contribution in [0.1, 0.15) is 79.7 Å². The number of carbonyl (C=O) groups is 5. The molecule has 0 spiro atoms. The third-order valence-corrected chi connectivity index (χ3v) is 10.8. The zero-order chi connectivity index (χ0) is 40.2. The minimum absolute atomic E-state index is 0.0104. The van der Waals surface area contributed by atoms with Crippen LogP contribution in [0.15, 0.2) is 30.3 Å². The van der Waals surface area contributed by atoms with Gasteiger partial charge in [0.1, 0.15) is 12.1 Å². The Bertz CT molecular complexity index is 1330. The van der Waals surface area contributed by atoms with Crippen LogP contribution in [0.25, 0.3) is 0 Å². The van der Waals surface area contributed by atoms with E-state index in [1.165, 1.54) is 14.2 Å². The normalized spacial score (nSPS) is 19.2. The number of nitrogens with one attached hydrogen (secondary N) is 2. The molecule has 2 rings (SSSR count). The fourth-order valence-electron chi connectivity index (χ4n) is 7.76. The topological polar surface area (TPSA) is 158 Å². The van der Waals surface area contributed by atoms with E-state index in [0.717, 1.165) is 12.0 Å². The number of aliphatic carboxylic acids is 1. The predicted octanol–water partition coefficient (Wildman–Crippen LogP) is 3.45. The summed E-state index contributed by atoms with van der Waals surface area (Å²) in [5, 5.41) is 15.6.